The molecule has 0 spiro atoms. The fourth-order valence-corrected chi connectivity index (χ4v) is 2.89. The summed E-state index contributed by atoms with van der Waals surface area (Å²) < 4.78 is 0. The van der Waals surface area contributed by atoms with Gasteiger partial charge in [-0.2, -0.15) is 0 Å². The number of nitrogens with zero attached hydrogens (tertiary/aromatic N) is 2. The molecule has 1 heterocycles. The number of nitrogens with two attached hydrogens (primary N) is 1. The molecule has 0 radical (unpaired) electrons. The fraction of sp³-hybridized carbons (Fsp3) is 0.600. The predicted molar refractivity (Wildman–Crippen MR) is 77.1 cm³/mol. The normalized spacial score (nSPS) is 23.9. The second-order valence-corrected chi connectivity index (χ2v) is 5.98. The van der Waals surface area contributed by atoms with Gasteiger partial charge in [-0.25, -0.2) is 0 Å². The van der Waals surface area contributed by atoms with Gasteiger partial charge >= 0.3 is 0 Å². The molecule has 98 valence electrons. The monoisotopic (exact) mass is 245 g/mol. The van der Waals surface area contributed by atoms with Crippen molar-refractivity contribution in [3.8, 4) is 0 Å². The van der Waals surface area contributed by atoms with E-state index in [0.29, 0.717) is 6.04 Å². The van der Waals surface area contributed by atoms with Crippen LogP contribution in [-0.2, 0) is 0 Å². The second-order valence-electron chi connectivity index (χ2n) is 5.98. The first-order valence-electron chi connectivity index (χ1n) is 6.95. The van der Waals surface area contributed by atoms with Crippen LogP contribution in [0.4, 0.5) is 11.4 Å². The van der Waals surface area contributed by atoms with Crippen molar-refractivity contribution in [1.29, 1.82) is 0 Å². The third kappa shape index (κ3) is 2.32. The van der Waals surface area contributed by atoms with Crippen molar-refractivity contribution in [2.75, 3.05) is 37.8 Å². The highest BCUT2D eigenvalue weighted by Crippen LogP contribution is 2.42. The lowest BCUT2D eigenvalue weighted by Crippen LogP contribution is -2.31. The van der Waals surface area contributed by atoms with E-state index in [-0.39, 0.29) is 0 Å². The molecule has 2 fully saturated rings. The van der Waals surface area contributed by atoms with Gasteiger partial charge in [0.15, 0.2) is 0 Å². The van der Waals surface area contributed by atoms with Crippen LogP contribution in [-0.4, -0.2) is 38.1 Å². The summed E-state index contributed by atoms with van der Waals surface area (Å²) >= 11 is 0. The Kier molecular flexibility index (Phi) is 2.94. The minimum absolute atomic E-state index is 0.677. The maximum absolute atomic E-state index is 6.05. The van der Waals surface area contributed by atoms with Crippen molar-refractivity contribution >= 4 is 11.4 Å². The lowest BCUT2D eigenvalue weighted by Gasteiger charge is -2.22. The van der Waals surface area contributed by atoms with E-state index in [1.165, 1.54) is 30.5 Å². The summed E-state index contributed by atoms with van der Waals surface area (Å²) in [4.78, 5) is 4.81. The molecule has 3 nitrogen and oxygen atoms in total. The quantitative estimate of drug-likeness (QED) is 0.829. The summed E-state index contributed by atoms with van der Waals surface area (Å²) in [5.41, 5.74) is 9.73. The van der Waals surface area contributed by atoms with E-state index in [4.69, 9.17) is 5.73 Å². The van der Waals surface area contributed by atoms with Crippen LogP contribution in [0.1, 0.15) is 30.7 Å². The van der Waals surface area contributed by atoms with Gasteiger partial charge < -0.3 is 15.5 Å². The number of hydrogen-bond donors (Lipinski definition) is 1. The molecular formula is C15H23N3. The van der Waals surface area contributed by atoms with E-state index in [1.807, 2.05) is 0 Å². The Morgan fingerprint density at radius 1 is 1.17 bits per heavy atom. The molecule has 1 atom stereocenters. The van der Waals surface area contributed by atoms with Crippen LogP contribution in [0.5, 0.6) is 0 Å². The van der Waals surface area contributed by atoms with Crippen molar-refractivity contribution in [2.45, 2.75) is 31.2 Å². The highest BCUT2D eigenvalue weighted by Gasteiger charge is 2.27. The van der Waals surface area contributed by atoms with Crippen LogP contribution < -0.4 is 10.6 Å². The molecule has 2 aliphatic rings. The van der Waals surface area contributed by atoms with E-state index in [1.54, 1.807) is 0 Å². The Morgan fingerprint density at radius 3 is 2.56 bits per heavy atom. The van der Waals surface area contributed by atoms with Gasteiger partial charge in [-0.15, -0.1) is 0 Å². The zero-order valence-electron chi connectivity index (χ0n) is 11.4. The van der Waals surface area contributed by atoms with Crippen LogP contribution in [0.2, 0.25) is 0 Å². The zero-order chi connectivity index (χ0) is 12.7. The number of rotatable bonds is 3. The van der Waals surface area contributed by atoms with Crippen LogP contribution in [0, 0.1) is 0 Å². The van der Waals surface area contributed by atoms with Gasteiger partial charge in [0.2, 0.25) is 0 Å². The number of anilines is 2. The number of benzene rings is 1. The van der Waals surface area contributed by atoms with E-state index in [0.717, 1.165) is 24.7 Å². The van der Waals surface area contributed by atoms with Crippen LogP contribution in [0.25, 0.3) is 0 Å². The van der Waals surface area contributed by atoms with E-state index in [9.17, 15) is 0 Å². The summed E-state index contributed by atoms with van der Waals surface area (Å²) in [5, 5.41) is 0. The number of likely N-dealkylation sites (N-methyl/N-ethyl adjacent to an activating group) is 1. The average Bonchev–Trinajstić information content (AvgIpc) is 3.05. The van der Waals surface area contributed by atoms with Crippen molar-refractivity contribution in [3.63, 3.8) is 0 Å². The topological polar surface area (TPSA) is 32.5 Å². The van der Waals surface area contributed by atoms with Crippen LogP contribution in [0.15, 0.2) is 18.2 Å². The predicted octanol–water partition coefficient (Wildman–Crippen LogP) is 2.29. The summed E-state index contributed by atoms with van der Waals surface area (Å²) in [5.74, 6) is 0.777. The maximum atomic E-state index is 6.05. The molecule has 3 rings (SSSR count). The Balaban J connectivity index is 1.79. The number of nitrogen functional groups attached to an aromatic ring is 1. The van der Waals surface area contributed by atoms with Crippen molar-refractivity contribution < 1.29 is 0 Å². The minimum atomic E-state index is 0.677. The zero-order valence-corrected chi connectivity index (χ0v) is 11.4. The molecule has 1 aliphatic heterocycles. The summed E-state index contributed by atoms with van der Waals surface area (Å²) in [6.45, 7) is 2.27. The van der Waals surface area contributed by atoms with Crippen molar-refractivity contribution in [3.05, 3.63) is 23.8 Å². The molecule has 3 heteroatoms. The Bertz CT molecular complexity index is 437. The Hall–Kier alpha value is -1.22. The largest absolute Gasteiger partial charge is 0.399 e. The smallest absolute Gasteiger partial charge is 0.0390 e. The van der Waals surface area contributed by atoms with Gasteiger partial charge in [0, 0.05) is 30.5 Å². The first-order valence-corrected chi connectivity index (χ1v) is 6.95. The molecule has 0 bridgehead atoms. The Morgan fingerprint density at radius 2 is 1.94 bits per heavy atom. The molecular weight excluding hydrogens is 222 g/mol. The molecule has 0 amide bonds. The highest BCUT2D eigenvalue weighted by atomic mass is 15.2. The molecule has 1 aliphatic carbocycles. The molecule has 1 aromatic rings. The van der Waals surface area contributed by atoms with E-state index in [2.05, 4.69) is 42.1 Å². The average molecular weight is 245 g/mol. The molecule has 1 saturated heterocycles. The summed E-state index contributed by atoms with van der Waals surface area (Å²) in [6, 6.07) is 7.31. The lowest BCUT2D eigenvalue weighted by molar-refractivity contribution is 0.315. The molecule has 1 aromatic carbocycles. The van der Waals surface area contributed by atoms with E-state index < -0.39 is 0 Å². The second kappa shape index (κ2) is 4.47. The molecule has 2 N–H and O–H groups in total. The van der Waals surface area contributed by atoms with Crippen LogP contribution in [0.3, 0.4) is 0 Å². The first-order chi connectivity index (χ1) is 8.63. The van der Waals surface area contributed by atoms with Gasteiger partial charge in [0.1, 0.15) is 0 Å². The first kappa shape index (κ1) is 11.8. The van der Waals surface area contributed by atoms with Gasteiger partial charge in [0.25, 0.3) is 0 Å². The molecule has 0 aromatic heterocycles. The SMILES string of the molecule is CN(C)[C@H]1CCN(c2cc(N)cc(C3CC3)c2)C1. The summed E-state index contributed by atoms with van der Waals surface area (Å²) in [7, 11) is 4.34. The summed E-state index contributed by atoms with van der Waals surface area (Å²) in [6.07, 6.45) is 3.92. The van der Waals surface area contributed by atoms with Gasteiger partial charge in [0.05, 0.1) is 0 Å². The van der Waals surface area contributed by atoms with E-state index >= 15 is 0 Å². The van der Waals surface area contributed by atoms with Gasteiger partial charge in [-0.1, -0.05) is 0 Å². The highest BCUT2D eigenvalue weighted by molar-refractivity contribution is 5.60. The van der Waals surface area contributed by atoms with Crippen molar-refractivity contribution in [2.24, 2.45) is 0 Å². The lowest BCUT2D eigenvalue weighted by atomic mass is 10.1. The molecule has 1 saturated carbocycles. The van der Waals surface area contributed by atoms with Crippen LogP contribution >= 0.6 is 0 Å². The third-order valence-electron chi connectivity index (χ3n) is 4.27. The minimum Gasteiger partial charge on any atom is -0.399 e. The molecule has 18 heavy (non-hydrogen) atoms. The number of hydrogen-bond acceptors (Lipinski definition) is 3. The maximum Gasteiger partial charge on any atom is 0.0390 e. The Labute approximate surface area is 110 Å². The third-order valence-corrected chi connectivity index (χ3v) is 4.27. The van der Waals surface area contributed by atoms with Crippen molar-refractivity contribution in [1.82, 2.24) is 4.90 Å². The standard InChI is InChI=1S/C15H23N3/c1-17(2)14-5-6-18(10-14)15-8-12(11-3-4-11)7-13(16)9-15/h7-9,11,14H,3-6,10,16H2,1-2H3/t14-/m0/s1. The van der Waals surface area contributed by atoms with Gasteiger partial charge in [-0.3, -0.25) is 0 Å². The van der Waals surface area contributed by atoms with Gasteiger partial charge in [-0.05, 0) is 63.0 Å². The molecule has 0 unspecified atom stereocenters. The fourth-order valence-electron chi connectivity index (χ4n) is 2.89.